The van der Waals surface area contributed by atoms with E-state index in [1.165, 1.54) is 22.2 Å². The van der Waals surface area contributed by atoms with Crippen LogP contribution in [-0.2, 0) is 0 Å². The Bertz CT molecular complexity index is 6690. The second-order valence-electron chi connectivity index (χ2n) is 25.1. The highest BCUT2D eigenvalue weighted by Crippen LogP contribution is 2.41. The number of fused-ring (bicyclic) bond motifs is 10. The number of hydrogen-bond acceptors (Lipinski definition) is 10. The molecule has 0 unspecified atom stereocenters. The first kappa shape index (κ1) is 68.4. The number of halogens is 5. The van der Waals surface area contributed by atoms with E-state index in [-0.39, 0.29) is 5.82 Å². The fourth-order valence-corrected chi connectivity index (χ4v) is 15.7. The van der Waals surface area contributed by atoms with Crippen LogP contribution in [0.3, 0.4) is 0 Å². The minimum atomic E-state index is -0.263. The third kappa shape index (κ3) is 14.2. The monoisotopic (exact) mass is 1650 g/mol. The molecule has 510 valence electrons. The van der Waals surface area contributed by atoms with E-state index in [0.717, 1.165) is 172 Å². The lowest BCUT2D eigenvalue weighted by Crippen LogP contribution is -1.96. The Balaban J connectivity index is 0.000000105. The molecule has 0 saturated carbocycles. The number of hydrogen-bond donors (Lipinski definition) is 0. The van der Waals surface area contributed by atoms with Gasteiger partial charge in [0.2, 0.25) is 0 Å². The van der Waals surface area contributed by atoms with Gasteiger partial charge in [-0.25, -0.2) is 44.3 Å². The van der Waals surface area contributed by atoms with Gasteiger partial charge in [0.15, 0.2) is 23.1 Å². The Hall–Kier alpha value is -11.7. The number of para-hydroxylation sites is 3. The fraction of sp³-hybridized carbons (Fsp3) is 0. The molecule has 6 heterocycles. The summed E-state index contributed by atoms with van der Waals surface area (Å²) < 4.78 is 25.0. The molecule has 20 rings (SSSR count). The molecule has 0 aliphatic carbocycles. The molecule has 0 N–H and O–H groups in total. The smallest absolute Gasteiger partial charge is 0.180 e. The Morgan fingerprint density at radius 2 is 0.682 bits per heavy atom. The van der Waals surface area contributed by atoms with Crippen LogP contribution in [0, 0.1) is 5.82 Å². The number of rotatable bonds is 8. The highest BCUT2D eigenvalue weighted by molar-refractivity contribution is 9.11. The molecular formula is C92H55Br4FN8OS. The molecule has 107 heavy (non-hydrogen) atoms. The van der Waals surface area contributed by atoms with Crippen molar-refractivity contribution in [3.8, 4) is 90.5 Å². The number of benzene rings is 14. The highest BCUT2D eigenvalue weighted by atomic mass is 79.9. The van der Waals surface area contributed by atoms with Gasteiger partial charge in [-0.05, 0) is 119 Å². The topological polar surface area (TPSA) is 116 Å². The summed E-state index contributed by atoms with van der Waals surface area (Å²) in [6, 6.07) is 111. The molecule has 0 saturated heterocycles. The van der Waals surface area contributed by atoms with Crippen LogP contribution in [0.25, 0.3) is 176 Å². The van der Waals surface area contributed by atoms with Crippen LogP contribution >= 0.6 is 75.1 Å². The Labute approximate surface area is 651 Å². The molecule has 0 amide bonds. The van der Waals surface area contributed by atoms with E-state index in [4.69, 9.17) is 44.3 Å². The molecule has 20 aromatic rings. The van der Waals surface area contributed by atoms with E-state index >= 15 is 0 Å². The molecule has 0 radical (unpaired) electrons. The quantitative estimate of drug-likeness (QED) is 0.147. The van der Waals surface area contributed by atoms with E-state index in [1.807, 2.05) is 194 Å². The van der Waals surface area contributed by atoms with Gasteiger partial charge in [-0.1, -0.05) is 300 Å². The summed E-state index contributed by atoms with van der Waals surface area (Å²) >= 11 is 16.0. The Kier molecular flexibility index (Phi) is 19.4. The summed E-state index contributed by atoms with van der Waals surface area (Å²) in [5, 5.41) is 8.67. The second-order valence-corrected chi connectivity index (χ2v) is 29.6. The van der Waals surface area contributed by atoms with Gasteiger partial charge in [-0.3, -0.25) is 0 Å². The molecule has 15 heteroatoms. The van der Waals surface area contributed by atoms with Crippen LogP contribution in [0.15, 0.2) is 356 Å². The van der Waals surface area contributed by atoms with Gasteiger partial charge >= 0.3 is 0 Å². The standard InChI is InChI=1S/C24H14BrFN2.C24H15BrN2.C22H13BrN2O.C22H13BrN2S/c25-21-14-13-19(17-5-1-2-6-18(17)21)24-27-22-8-4-3-7-20(22)23(28-24)15-9-11-16(26)12-10-15;25-21-14-7-11-17-18(21)12-6-13-19(17)24-26-22-15-5-4-10-20(22)23(27-24)16-8-2-1-3-9-16;23-16-12-10-15(11-13-16)22-24-19(14-6-2-1-3-7-14)21-20(25-22)17-8-4-5-9-18(17)26-21;23-16-12-10-15(11-13-16)20-19(14-6-2-1-3-7-14)24-21-17-8-4-5-9-18(17)26-22(21)25-20/h1-14H;1-15H;2*1-13H. The van der Waals surface area contributed by atoms with Crippen molar-refractivity contribution in [1.29, 1.82) is 0 Å². The third-order valence-corrected chi connectivity index (χ3v) is 21.8. The van der Waals surface area contributed by atoms with E-state index < -0.39 is 0 Å². The fourth-order valence-electron chi connectivity index (χ4n) is 13.2. The number of nitrogens with zero attached hydrogens (tertiary/aromatic N) is 8. The predicted molar refractivity (Wildman–Crippen MR) is 453 cm³/mol. The van der Waals surface area contributed by atoms with Crippen molar-refractivity contribution in [2.24, 2.45) is 0 Å². The summed E-state index contributed by atoms with van der Waals surface area (Å²) in [4.78, 5) is 40.4. The zero-order valence-corrected chi connectivity index (χ0v) is 63.7. The molecular weight excluding hydrogens is 1600 g/mol. The molecule has 0 fully saturated rings. The molecule has 0 aliphatic heterocycles. The number of thiophene rings is 1. The molecule has 0 spiro atoms. The summed E-state index contributed by atoms with van der Waals surface area (Å²) in [5.74, 6) is 1.83. The Morgan fingerprint density at radius 3 is 1.30 bits per heavy atom. The van der Waals surface area contributed by atoms with Gasteiger partial charge in [0.1, 0.15) is 33.0 Å². The van der Waals surface area contributed by atoms with Crippen molar-refractivity contribution >= 4 is 161 Å². The highest BCUT2D eigenvalue weighted by Gasteiger charge is 2.21. The zero-order valence-electron chi connectivity index (χ0n) is 56.5. The van der Waals surface area contributed by atoms with E-state index in [0.29, 0.717) is 11.6 Å². The minimum Gasteiger partial charge on any atom is -0.452 e. The summed E-state index contributed by atoms with van der Waals surface area (Å²) in [6.45, 7) is 0. The molecule has 9 nitrogen and oxygen atoms in total. The largest absolute Gasteiger partial charge is 0.452 e. The van der Waals surface area contributed by atoms with Crippen LogP contribution in [0.5, 0.6) is 0 Å². The Morgan fingerprint density at radius 1 is 0.262 bits per heavy atom. The SMILES string of the molecule is Brc1ccc(-c2nc(-c3ccccc3)c3oc4ccccc4c3n2)cc1.Brc1ccc(-c2nc3sc4ccccc4c3nc2-c2ccccc2)cc1.Brc1cccc2c(-c3nc(-c4ccccc4)c4ccccc4n3)cccc12.Fc1ccc(-c2nc(-c3ccc(Br)c4ccccc34)nc3ccccc23)cc1. The van der Waals surface area contributed by atoms with Crippen molar-refractivity contribution in [1.82, 2.24) is 39.9 Å². The van der Waals surface area contributed by atoms with Crippen LogP contribution in [0.4, 0.5) is 4.39 Å². The first-order valence-electron chi connectivity index (χ1n) is 34.3. The normalized spacial score (nSPS) is 11.2. The summed E-state index contributed by atoms with van der Waals surface area (Å²) in [6.07, 6.45) is 0. The van der Waals surface area contributed by atoms with Crippen molar-refractivity contribution < 1.29 is 8.81 Å². The van der Waals surface area contributed by atoms with Crippen LogP contribution < -0.4 is 0 Å². The maximum atomic E-state index is 13.4. The first-order valence-corrected chi connectivity index (χ1v) is 38.3. The van der Waals surface area contributed by atoms with Crippen LogP contribution in [0.2, 0.25) is 0 Å². The van der Waals surface area contributed by atoms with Gasteiger partial charge < -0.3 is 4.42 Å². The molecule has 14 aromatic carbocycles. The number of aromatic nitrogens is 8. The molecule has 0 aliphatic rings. The van der Waals surface area contributed by atoms with Gasteiger partial charge in [-0.15, -0.1) is 11.3 Å². The molecule has 6 aromatic heterocycles. The lowest BCUT2D eigenvalue weighted by molar-refractivity contribution is 0.628. The molecule has 0 bridgehead atoms. The zero-order chi connectivity index (χ0) is 72.3. The van der Waals surface area contributed by atoms with Gasteiger partial charge in [0.25, 0.3) is 0 Å². The summed E-state index contributed by atoms with van der Waals surface area (Å²) in [5.41, 5.74) is 17.7. The number of furan rings is 1. The van der Waals surface area contributed by atoms with Gasteiger partial charge in [-0.2, -0.15) is 0 Å². The van der Waals surface area contributed by atoms with Gasteiger partial charge in [0.05, 0.1) is 33.8 Å². The molecule has 0 atom stereocenters. The van der Waals surface area contributed by atoms with Crippen LogP contribution in [-0.4, -0.2) is 39.9 Å². The third-order valence-electron chi connectivity index (χ3n) is 18.3. The maximum absolute atomic E-state index is 13.4. The lowest BCUT2D eigenvalue weighted by Gasteiger charge is -2.11. The van der Waals surface area contributed by atoms with Crippen LogP contribution in [0.1, 0.15) is 0 Å². The van der Waals surface area contributed by atoms with E-state index in [2.05, 4.69) is 179 Å². The van der Waals surface area contributed by atoms with Gasteiger partial charge in [0, 0.05) is 88.6 Å². The summed E-state index contributed by atoms with van der Waals surface area (Å²) in [7, 11) is 0. The van der Waals surface area contributed by atoms with Crippen molar-refractivity contribution in [3.05, 3.63) is 357 Å². The predicted octanol–water partition coefficient (Wildman–Crippen LogP) is 27.3. The van der Waals surface area contributed by atoms with Crippen molar-refractivity contribution in [2.75, 3.05) is 0 Å². The average molecular weight is 1660 g/mol. The van der Waals surface area contributed by atoms with Crippen molar-refractivity contribution in [2.45, 2.75) is 0 Å². The minimum absolute atomic E-state index is 0.263. The lowest BCUT2D eigenvalue weighted by atomic mass is 10.0. The second kappa shape index (κ2) is 30.4. The van der Waals surface area contributed by atoms with E-state index in [9.17, 15) is 4.39 Å². The first-order chi connectivity index (χ1) is 52.6. The average Bonchev–Trinajstić information content (AvgIpc) is 1.76. The maximum Gasteiger partial charge on any atom is 0.180 e. The van der Waals surface area contributed by atoms with Crippen molar-refractivity contribution in [3.63, 3.8) is 0 Å². The van der Waals surface area contributed by atoms with E-state index in [1.54, 1.807) is 23.5 Å².